The third-order valence-corrected chi connectivity index (χ3v) is 4.37. The van der Waals surface area contributed by atoms with E-state index in [2.05, 4.69) is 35.3 Å². The quantitative estimate of drug-likeness (QED) is 0.739. The van der Waals surface area contributed by atoms with Crippen LogP contribution in [0.3, 0.4) is 0 Å². The SMILES string of the molecule is COc1cc(NC2CCN(c3cncc(-n4cccn4)n3)CC2)ncn1. The molecule has 26 heavy (non-hydrogen) atoms. The first-order valence-electron chi connectivity index (χ1n) is 8.51. The van der Waals surface area contributed by atoms with E-state index in [4.69, 9.17) is 4.74 Å². The van der Waals surface area contributed by atoms with Gasteiger partial charge in [-0.05, 0) is 18.9 Å². The van der Waals surface area contributed by atoms with E-state index in [9.17, 15) is 0 Å². The van der Waals surface area contributed by atoms with E-state index >= 15 is 0 Å². The van der Waals surface area contributed by atoms with Crippen LogP contribution in [0.4, 0.5) is 11.6 Å². The number of ether oxygens (including phenoxy) is 1. The molecule has 0 aliphatic carbocycles. The summed E-state index contributed by atoms with van der Waals surface area (Å²) < 4.78 is 6.85. The van der Waals surface area contributed by atoms with Crippen LogP contribution in [-0.2, 0) is 0 Å². The summed E-state index contributed by atoms with van der Waals surface area (Å²) in [4.78, 5) is 19.5. The summed E-state index contributed by atoms with van der Waals surface area (Å²) in [5.74, 6) is 2.95. The predicted molar refractivity (Wildman–Crippen MR) is 96.6 cm³/mol. The fourth-order valence-electron chi connectivity index (χ4n) is 3.00. The van der Waals surface area contributed by atoms with Gasteiger partial charge in [0.05, 0.1) is 19.5 Å². The maximum absolute atomic E-state index is 5.14. The van der Waals surface area contributed by atoms with Crippen molar-refractivity contribution >= 4 is 11.6 Å². The molecule has 4 heterocycles. The van der Waals surface area contributed by atoms with Crippen LogP contribution in [0.25, 0.3) is 5.82 Å². The largest absolute Gasteiger partial charge is 0.481 e. The minimum absolute atomic E-state index is 0.355. The molecule has 1 aliphatic rings. The summed E-state index contributed by atoms with van der Waals surface area (Å²) in [6.45, 7) is 1.80. The van der Waals surface area contributed by atoms with Crippen LogP contribution in [0.2, 0.25) is 0 Å². The third-order valence-electron chi connectivity index (χ3n) is 4.37. The second kappa shape index (κ2) is 7.34. The van der Waals surface area contributed by atoms with Gasteiger partial charge in [-0.15, -0.1) is 0 Å². The lowest BCUT2D eigenvalue weighted by Gasteiger charge is -2.33. The molecule has 0 unspecified atom stereocenters. The van der Waals surface area contributed by atoms with Crippen molar-refractivity contribution in [2.45, 2.75) is 18.9 Å². The molecule has 0 amide bonds. The molecule has 0 bridgehead atoms. The number of anilines is 2. The normalized spacial score (nSPS) is 15.0. The highest BCUT2D eigenvalue weighted by atomic mass is 16.5. The van der Waals surface area contributed by atoms with Gasteiger partial charge in [-0.2, -0.15) is 5.10 Å². The number of hydrogen-bond acceptors (Lipinski definition) is 8. The minimum Gasteiger partial charge on any atom is -0.481 e. The number of piperidine rings is 1. The third kappa shape index (κ3) is 3.56. The Kier molecular flexibility index (Phi) is 4.59. The van der Waals surface area contributed by atoms with E-state index in [1.54, 1.807) is 30.4 Å². The Morgan fingerprint density at radius 1 is 1.15 bits per heavy atom. The molecule has 0 aromatic carbocycles. The molecule has 1 N–H and O–H groups in total. The molecule has 0 atom stereocenters. The number of aromatic nitrogens is 6. The first kappa shape index (κ1) is 16.2. The molecule has 0 radical (unpaired) electrons. The first-order chi connectivity index (χ1) is 12.8. The molecule has 9 heteroatoms. The van der Waals surface area contributed by atoms with Crippen molar-refractivity contribution in [3.05, 3.63) is 43.2 Å². The lowest BCUT2D eigenvalue weighted by atomic mass is 10.1. The average molecular weight is 352 g/mol. The van der Waals surface area contributed by atoms with Crippen LogP contribution in [0, 0.1) is 0 Å². The van der Waals surface area contributed by atoms with E-state index < -0.39 is 0 Å². The zero-order chi connectivity index (χ0) is 17.8. The Hall–Kier alpha value is -3.23. The monoisotopic (exact) mass is 352 g/mol. The topological polar surface area (TPSA) is 93.9 Å². The Morgan fingerprint density at radius 3 is 2.77 bits per heavy atom. The van der Waals surface area contributed by atoms with Crippen LogP contribution in [0.5, 0.6) is 5.88 Å². The molecule has 1 fully saturated rings. The van der Waals surface area contributed by atoms with Crippen LogP contribution in [0.15, 0.2) is 43.2 Å². The van der Waals surface area contributed by atoms with Crippen LogP contribution in [-0.4, -0.2) is 56.0 Å². The van der Waals surface area contributed by atoms with Gasteiger partial charge >= 0.3 is 0 Å². The highest BCUT2D eigenvalue weighted by molar-refractivity contribution is 5.42. The maximum atomic E-state index is 5.14. The lowest BCUT2D eigenvalue weighted by Crippen LogP contribution is -2.39. The van der Waals surface area contributed by atoms with Gasteiger partial charge in [0.2, 0.25) is 5.88 Å². The number of rotatable bonds is 5. The first-order valence-corrected chi connectivity index (χ1v) is 8.51. The minimum atomic E-state index is 0.355. The Balaban J connectivity index is 1.38. The standard InChI is InChI=1S/C17H20N8O/c1-26-17-9-14(19-12-20-17)22-13-3-7-24(8-4-13)15-10-18-11-16(23-15)25-6-2-5-21-25/h2,5-6,9-13H,3-4,7-8H2,1H3,(H,19,20,22). The molecular formula is C17H20N8O. The van der Waals surface area contributed by atoms with Gasteiger partial charge in [0, 0.05) is 37.6 Å². The van der Waals surface area contributed by atoms with Crippen LogP contribution < -0.4 is 15.0 Å². The Labute approximate surface area is 151 Å². The zero-order valence-corrected chi connectivity index (χ0v) is 14.5. The van der Waals surface area contributed by atoms with E-state index in [1.807, 2.05) is 18.3 Å². The second-order valence-corrected chi connectivity index (χ2v) is 6.04. The van der Waals surface area contributed by atoms with E-state index in [0.717, 1.165) is 43.4 Å². The van der Waals surface area contributed by atoms with Gasteiger partial charge < -0.3 is 15.0 Å². The fourth-order valence-corrected chi connectivity index (χ4v) is 3.00. The van der Waals surface area contributed by atoms with Crippen molar-refractivity contribution in [3.63, 3.8) is 0 Å². The van der Waals surface area contributed by atoms with Gasteiger partial charge in [-0.3, -0.25) is 4.98 Å². The maximum Gasteiger partial charge on any atom is 0.218 e. The summed E-state index contributed by atoms with van der Waals surface area (Å²) in [5.41, 5.74) is 0. The van der Waals surface area contributed by atoms with E-state index in [-0.39, 0.29) is 0 Å². The molecule has 0 saturated carbocycles. The predicted octanol–water partition coefficient (Wildman–Crippen LogP) is 1.54. The summed E-state index contributed by atoms with van der Waals surface area (Å²) >= 11 is 0. The number of nitrogens with one attached hydrogen (secondary N) is 1. The summed E-state index contributed by atoms with van der Waals surface area (Å²) in [6.07, 6.45) is 10.6. The molecule has 134 valence electrons. The molecule has 1 saturated heterocycles. The smallest absolute Gasteiger partial charge is 0.218 e. The summed E-state index contributed by atoms with van der Waals surface area (Å²) in [6, 6.07) is 4.03. The van der Waals surface area contributed by atoms with Gasteiger partial charge in [-0.1, -0.05) is 0 Å². The highest BCUT2D eigenvalue weighted by Crippen LogP contribution is 2.21. The molecular weight excluding hydrogens is 332 g/mol. The van der Waals surface area contributed by atoms with Crippen molar-refractivity contribution in [3.8, 4) is 11.7 Å². The summed E-state index contributed by atoms with van der Waals surface area (Å²) in [5, 5.41) is 7.66. The van der Waals surface area contributed by atoms with Crippen molar-refractivity contribution in [1.29, 1.82) is 0 Å². The molecule has 1 aliphatic heterocycles. The van der Waals surface area contributed by atoms with Gasteiger partial charge in [0.15, 0.2) is 5.82 Å². The fraction of sp³-hybridized carbons (Fsp3) is 0.353. The zero-order valence-electron chi connectivity index (χ0n) is 14.5. The number of nitrogens with zero attached hydrogens (tertiary/aromatic N) is 7. The van der Waals surface area contributed by atoms with E-state index in [0.29, 0.717) is 11.9 Å². The van der Waals surface area contributed by atoms with Crippen LogP contribution in [0.1, 0.15) is 12.8 Å². The van der Waals surface area contributed by atoms with E-state index in [1.165, 1.54) is 6.33 Å². The van der Waals surface area contributed by atoms with Crippen molar-refractivity contribution in [2.24, 2.45) is 0 Å². The van der Waals surface area contributed by atoms with Gasteiger partial charge in [0.25, 0.3) is 0 Å². The Bertz CT molecular complexity index is 845. The average Bonchev–Trinajstić information content (AvgIpc) is 3.24. The molecule has 9 nitrogen and oxygen atoms in total. The number of hydrogen-bond donors (Lipinski definition) is 1. The van der Waals surface area contributed by atoms with Crippen molar-refractivity contribution < 1.29 is 4.74 Å². The van der Waals surface area contributed by atoms with Crippen LogP contribution >= 0.6 is 0 Å². The van der Waals surface area contributed by atoms with Gasteiger partial charge in [0.1, 0.15) is 18.0 Å². The molecule has 3 aromatic rings. The van der Waals surface area contributed by atoms with Gasteiger partial charge in [-0.25, -0.2) is 19.6 Å². The van der Waals surface area contributed by atoms with Crippen molar-refractivity contribution in [2.75, 3.05) is 30.4 Å². The van der Waals surface area contributed by atoms with Crippen molar-refractivity contribution in [1.82, 2.24) is 29.7 Å². The lowest BCUT2D eigenvalue weighted by molar-refractivity contribution is 0.397. The second-order valence-electron chi connectivity index (χ2n) is 6.04. The molecule has 4 rings (SSSR count). The summed E-state index contributed by atoms with van der Waals surface area (Å²) in [7, 11) is 1.60. The number of methoxy groups -OCH3 is 1. The Morgan fingerprint density at radius 2 is 2.00 bits per heavy atom. The molecule has 0 spiro atoms. The molecule has 3 aromatic heterocycles. The highest BCUT2D eigenvalue weighted by Gasteiger charge is 2.21.